The van der Waals surface area contributed by atoms with Gasteiger partial charge >= 0.3 is 0 Å². The third kappa shape index (κ3) is 3.80. The Kier molecular flexibility index (Phi) is 5.30. The molecule has 30 heavy (non-hydrogen) atoms. The second-order valence-electron chi connectivity index (χ2n) is 6.96. The van der Waals surface area contributed by atoms with E-state index in [2.05, 4.69) is 15.4 Å². The van der Waals surface area contributed by atoms with Crippen LogP contribution in [0.2, 0.25) is 0 Å². The van der Waals surface area contributed by atoms with Crippen LogP contribution in [0.3, 0.4) is 0 Å². The number of methoxy groups -OCH3 is 1. The van der Waals surface area contributed by atoms with Crippen LogP contribution in [0.25, 0.3) is 17.1 Å². The summed E-state index contributed by atoms with van der Waals surface area (Å²) < 4.78 is 6.92. The number of carbonyl (C=O) groups is 1. The van der Waals surface area contributed by atoms with E-state index >= 15 is 0 Å². The van der Waals surface area contributed by atoms with Crippen LogP contribution in [0.4, 0.5) is 5.69 Å². The van der Waals surface area contributed by atoms with E-state index in [1.807, 2.05) is 86.6 Å². The van der Waals surface area contributed by atoms with Crippen LogP contribution < -0.4 is 10.1 Å². The molecule has 4 rings (SSSR count). The van der Waals surface area contributed by atoms with Crippen LogP contribution in [0, 0.1) is 13.8 Å². The van der Waals surface area contributed by atoms with Crippen LogP contribution in [-0.4, -0.2) is 27.8 Å². The Morgan fingerprint density at radius 1 is 0.900 bits per heavy atom. The Hall–Kier alpha value is -3.93. The molecule has 150 valence electrons. The van der Waals surface area contributed by atoms with E-state index in [9.17, 15) is 4.79 Å². The van der Waals surface area contributed by atoms with Crippen LogP contribution in [0.15, 0.2) is 72.8 Å². The zero-order chi connectivity index (χ0) is 21.1. The Morgan fingerprint density at radius 3 is 2.20 bits per heavy atom. The van der Waals surface area contributed by atoms with Crippen molar-refractivity contribution in [1.82, 2.24) is 14.8 Å². The highest BCUT2D eigenvalue weighted by Crippen LogP contribution is 2.24. The highest BCUT2D eigenvalue weighted by molar-refractivity contribution is 6.02. The number of amides is 1. The van der Waals surface area contributed by atoms with Gasteiger partial charge < -0.3 is 10.1 Å². The number of benzene rings is 3. The summed E-state index contributed by atoms with van der Waals surface area (Å²) >= 11 is 0. The molecule has 0 saturated carbocycles. The number of aromatic nitrogens is 3. The lowest BCUT2D eigenvalue weighted by atomic mass is 10.1. The van der Waals surface area contributed by atoms with Crippen molar-refractivity contribution in [1.29, 1.82) is 0 Å². The van der Waals surface area contributed by atoms with Crippen molar-refractivity contribution in [3.8, 4) is 22.8 Å². The molecule has 1 heterocycles. The summed E-state index contributed by atoms with van der Waals surface area (Å²) in [5.74, 6) is 1.09. The highest BCUT2D eigenvalue weighted by Gasteiger charge is 2.20. The number of ether oxygens (including phenoxy) is 1. The standard InChI is InChI=1S/C24H22N4O2/c1-16-8-7-9-17(2)21(16)25-24(29)22-26-23(18-10-5-4-6-11-18)28(27-22)19-12-14-20(30-3)15-13-19/h4-15H,1-3H3,(H,25,29). The minimum Gasteiger partial charge on any atom is -0.497 e. The Bertz CT molecular complexity index is 1160. The number of anilines is 1. The summed E-state index contributed by atoms with van der Waals surface area (Å²) in [5.41, 5.74) is 4.41. The molecule has 1 aromatic heterocycles. The summed E-state index contributed by atoms with van der Waals surface area (Å²) in [6.45, 7) is 3.92. The summed E-state index contributed by atoms with van der Waals surface area (Å²) in [7, 11) is 1.62. The summed E-state index contributed by atoms with van der Waals surface area (Å²) in [6.07, 6.45) is 0. The van der Waals surface area contributed by atoms with Crippen molar-refractivity contribution in [2.45, 2.75) is 13.8 Å². The molecular formula is C24H22N4O2. The molecule has 0 aliphatic rings. The van der Waals surface area contributed by atoms with Crippen LogP contribution >= 0.6 is 0 Å². The number of para-hydroxylation sites is 1. The fourth-order valence-electron chi connectivity index (χ4n) is 3.27. The molecule has 0 radical (unpaired) electrons. The van der Waals surface area contributed by atoms with Crippen molar-refractivity contribution < 1.29 is 9.53 Å². The topological polar surface area (TPSA) is 69.0 Å². The van der Waals surface area contributed by atoms with E-state index in [0.29, 0.717) is 5.82 Å². The SMILES string of the molecule is COc1ccc(-n2nc(C(=O)Nc3c(C)cccc3C)nc2-c2ccccc2)cc1. The maximum absolute atomic E-state index is 13.0. The molecule has 0 unspecified atom stereocenters. The van der Waals surface area contributed by atoms with Gasteiger partial charge in [-0.05, 0) is 49.2 Å². The molecule has 1 amide bonds. The van der Waals surface area contributed by atoms with Gasteiger partial charge in [0.2, 0.25) is 5.82 Å². The minimum absolute atomic E-state index is 0.104. The summed E-state index contributed by atoms with van der Waals surface area (Å²) in [6, 6.07) is 23.0. The van der Waals surface area contributed by atoms with Crippen molar-refractivity contribution in [2.75, 3.05) is 12.4 Å². The quantitative estimate of drug-likeness (QED) is 0.524. The normalized spacial score (nSPS) is 10.6. The molecule has 4 aromatic rings. The molecule has 3 aromatic carbocycles. The number of rotatable bonds is 5. The number of hydrogen-bond acceptors (Lipinski definition) is 4. The third-order valence-electron chi connectivity index (χ3n) is 4.88. The van der Waals surface area contributed by atoms with Gasteiger partial charge in [-0.1, -0.05) is 48.5 Å². The molecule has 0 fully saturated rings. The van der Waals surface area contributed by atoms with Gasteiger partial charge in [-0.2, -0.15) is 0 Å². The smallest absolute Gasteiger partial charge is 0.295 e. The van der Waals surface area contributed by atoms with Crippen molar-refractivity contribution in [2.24, 2.45) is 0 Å². The van der Waals surface area contributed by atoms with Crippen LogP contribution in [0.1, 0.15) is 21.7 Å². The van der Waals surface area contributed by atoms with Gasteiger partial charge in [-0.15, -0.1) is 5.10 Å². The Morgan fingerprint density at radius 2 is 1.57 bits per heavy atom. The maximum atomic E-state index is 13.0. The number of aryl methyl sites for hydroxylation is 2. The van der Waals surface area contributed by atoms with E-state index < -0.39 is 0 Å². The molecule has 6 nitrogen and oxygen atoms in total. The van der Waals surface area contributed by atoms with Gasteiger partial charge in [0.15, 0.2) is 5.82 Å². The molecule has 1 N–H and O–H groups in total. The largest absolute Gasteiger partial charge is 0.497 e. The predicted molar refractivity (Wildman–Crippen MR) is 117 cm³/mol. The molecule has 0 aliphatic carbocycles. The lowest BCUT2D eigenvalue weighted by Gasteiger charge is -2.09. The molecule has 6 heteroatoms. The first kappa shape index (κ1) is 19.4. The molecule has 0 spiro atoms. The molecule has 0 aliphatic heterocycles. The molecule has 0 atom stereocenters. The van der Waals surface area contributed by atoms with Crippen LogP contribution in [-0.2, 0) is 0 Å². The van der Waals surface area contributed by atoms with Gasteiger partial charge in [0, 0.05) is 11.3 Å². The zero-order valence-corrected chi connectivity index (χ0v) is 17.1. The van der Waals surface area contributed by atoms with Gasteiger partial charge in [0.1, 0.15) is 5.75 Å². The number of hydrogen-bond donors (Lipinski definition) is 1. The predicted octanol–water partition coefficient (Wildman–Crippen LogP) is 4.81. The minimum atomic E-state index is -0.350. The summed E-state index contributed by atoms with van der Waals surface area (Å²) in [4.78, 5) is 17.5. The van der Waals surface area contributed by atoms with Crippen molar-refractivity contribution in [3.63, 3.8) is 0 Å². The average Bonchev–Trinajstić information content (AvgIpc) is 3.23. The number of nitrogens with one attached hydrogen (secondary N) is 1. The van der Waals surface area contributed by atoms with E-state index in [1.165, 1.54) is 0 Å². The monoisotopic (exact) mass is 398 g/mol. The number of nitrogens with zero attached hydrogens (tertiary/aromatic N) is 3. The molecule has 0 saturated heterocycles. The van der Waals surface area contributed by atoms with Crippen LogP contribution in [0.5, 0.6) is 5.75 Å². The van der Waals surface area contributed by atoms with Gasteiger partial charge in [-0.3, -0.25) is 4.79 Å². The van der Waals surface area contributed by atoms with Crippen molar-refractivity contribution >= 4 is 11.6 Å². The first-order valence-corrected chi connectivity index (χ1v) is 9.61. The second kappa shape index (κ2) is 8.21. The van der Waals surface area contributed by atoms with E-state index in [-0.39, 0.29) is 11.7 Å². The van der Waals surface area contributed by atoms with Gasteiger partial charge in [0.05, 0.1) is 12.8 Å². The van der Waals surface area contributed by atoms with Gasteiger partial charge in [0.25, 0.3) is 5.91 Å². The zero-order valence-electron chi connectivity index (χ0n) is 17.1. The van der Waals surface area contributed by atoms with E-state index in [1.54, 1.807) is 11.8 Å². The van der Waals surface area contributed by atoms with E-state index in [4.69, 9.17) is 4.74 Å². The average molecular weight is 398 g/mol. The molecule has 0 bridgehead atoms. The lowest BCUT2D eigenvalue weighted by Crippen LogP contribution is -2.16. The fraction of sp³-hybridized carbons (Fsp3) is 0.125. The Labute approximate surface area is 175 Å². The first-order valence-electron chi connectivity index (χ1n) is 9.61. The summed E-state index contributed by atoms with van der Waals surface area (Å²) in [5, 5.41) is 7.48. The Balaban J connectivity index is 1.76. The first-order chi connectivity index (χ1) is 14.6. The highest BCUT2D eigenvalue weighted by atomic mass is 16.5. The van der Waals surface area contributed by atoms with E-state index in [0.717, 1.165) is 33.8 Å². The second-order valence-corrected chi connectivity index (χ2v) is 6.96. The fourth-order valence-corrected chi connectivity index (χ4v) is 3.27. The third-order valence-corrected chi connectivity index (χ3v) is 4.88. The molecular weight excluding hydrogens is 376 g/mol. The lowest BCUT2D eigenvalue weighted by molar-refractivity contribution is 0.101. The van der Waals surface area contributed by atoms with Crippen molar-refractivity contribution in [3.05, 3.63) is 89.7 Å². The number of carbonyl (C=O) groups excluding carboxylic acids is 1. The van der Waals surface area contributed by atoms with Gasteiger partial charge in [-0.25, -0.2) is 9.67 Å². The maximum Gasteiger partial charge on any atom is 0.295 e.